The highest BCUT2D eigenvalue weighted by Crippen LogP contribution is 2.03. The Morgan fingerprint density at radius 1 is 1.67 bits per heavy atom. The van der Waals surface area contributed by atoms with Crippen molar-refractivity contribution in [2.45, 2.75) is 6.42 Å². The molecule has 0 spiro atoms. The van der Waals surface area contributed by atoms with Gasteiger partial charge in [-0.2, -0.15) is 5.26 Å². The molecule has 5 heteroatoms. The van der Waals surface area contributed by atoms with Crippen LogP contribution in [0, 0.1) is 11.3 Å². The zero-order valence-electron chi connectivity index (χ0n) is 8.36. The van der Waals surface area contributed by atoms with Crippen molar-refractivity contribution < 1.29 is 9.53 Å². The van der Waals surface area contributed by atoms with Crippen LogP contribution in [0.25, 0.3) is 0 Å². The van der Waals surface area contributed by atoms with Gasteiger partial charge in [0.2, 0.25) is 0 Å². The number of aromatic nitrogens is 1. The number of anilines is 1. The van der Waals surface area contributed by atoms with Gasteiger partial charge < -0.3 is 10.1 Å². The number of rotatable bonds is 4. The van der Waals surface area contributed by atoms with Gasteiger partial charge in [-0.25, -0.2) is 4.98 Å². The van der Waals surface area contributed by atoms with Gasteiger partial charge in [-0.3, -0.25) is 4.79 Å². The minimum Gasteiger partial charge on any atom is -0.469 e. The van der Waals surface area contributed by atoms with Crippen molar-refractivity contribution in [3.8, 4) is 6.07 Å². The number of hydrogen-bond donors (Lipinski definition) is 1. The molecule has 0 radical (unpaired) electrons. The first-order valence-electron chi connectivity index (χ1n) is 4.43. The molecule has 78 valence electrons. The molecular formula is C10H11N3O2. The fraction of sp³-hybridized carbons (Fsp3) is 0.300. The lowest BCUT2D eigenvalue weighted by atomic mass is 10.3. The third-order valence-electron chi connectivity index (χ3n) is 1.76. The van der Waals surface area contributed by atoms with Gasteiger partial charge in [0.15, 0.2) is 0 Å². The molecule has 0 aliphatic rings. The molecule has 0 aromatic carbocycles. The van der Waals surface area contributed by atoms with Gasteiger partial charge in [0.05, 0.1) is 19.1 Å². The normalized spacial score (nSPS) is 9.07. The maximum Gasteiger partial charge on any atom is 0.307 e. The van der Waals surface area contributed by atoms with E-state index in [4.69, 9.17) is 5.26 Å². The average Bonchev–Trinajstić information content (AvgIpc) is 2.29. The summed E-state index contributed by atoms with van der Waals surface area (Å²) < 4.78 is 4.48. The Kier molecular flexibility index (Phi) is 4.10. The Balaban J connectivity index is 2.38. The van der Waals surface area contributed by atoms with Gasteiger partial charge in [-0.1, -0.05) is 0 Å². The maximum atomic E-state index is 10.8. The Hall–Kier alpha value is -2.09. The molecule has 0 aliphatic heterocycles. The second-order valence-electron chi connectivity index (χ2n) is 2.80. The summed E-state index contributed by atoms with van der Waals surface area (Å²) in [5, 5.41) is 11.5. The van der Waals surface area contributed by atoms with E-state index < -0.39 is 0 Å². The highest BCUT2D eigenvalue weighted by atomic mass is 16.5. The lowest BCUT2D eigenvalue weighted by Crippen LogP contribution is -2.10. The highest BCUT2D eigenvalue weighted by Gasteiger charge is 1.99. The van der Waals surface area contributed by atoms with Gasteiger partial charge in [-0.15, -0.1) is 0 Å². The fourth-order valence-corrected chi connectivity index (χ4v) is 0.959. The van der Waals surface area contributed by atoms with Gasteiger partial charge in [0.25, 0.3) is 0 Å². The summed E-state index contributed by atoms with van der Waals surface area (Å²) in [6, 6.07) is 5.32. The lowest BCUT2D eigenvalue weighted by Gasteiger charge is -2.03. The summed E-state index contributed by atoms with van der Waals surface area (Å²) >= 11 is 0. The number of hydrogen-bond acceptors (Lipinski definition) is 5. The van der Waals surface area contributed by atoms with E-state index >= 15 is 0 Å². The monoisotopic (exact) mass is 205 g/mol. The molecule has 0 fully saturated rings. The van der Waals surface area contributed by atoms with Crippen LogP contribution < -0.4 is 5.32 Å². The van der Waals surface area contributed by atoms with Crippen molar-refractivity contribution in [1.29, 1.82) is 5.26 Å². The molecule has 1 N–H and O–H groups in total. The Morgan fingerprint density at radius 2 is 2.47 bits per heavy atom. The molecule has 0 bridgehead atoms. The topological polar surface area (TPSA) is 75.0 Å². The van der Waals surface area contributed by atoms with Crippen molar-refractivity contribution in [2.75, 3.05) is 19.0 Å². The summed E-state index contributed by atoms with van der Waals surface area (Å²) in [6.45, 7) is 0.464. The van der Waals surface area contributed by atoms with E-state index in [2.05, 4.69) is 15.0 Å². The molecule has 5 nitrogen and oxygen atoms in total. The first kappa shape index (κ1) is 11.0. The first-order valence-corrected chi connectivity index (χ1v) is 4.43. The van der Waals surface area contributed by atoms with Crippen LogP contribution in [0.5, 0.6) is 0 Å². The van der Waals surface area contributed by atoms with Crippen LogP contribution in [0.3, 0.4) is 0 Å². The number of nitrogens with one attached hydrogen (secondary N) is 1. The molecule has 1 aromatic rings. The van der Waals surface area contributed by atoms with Crippen molar-refractivity contribution in [1.82, 2.24) is 4.98 Å². The summed E-state index contributed by atoms with van der Waals surface area (Å²) in [7, 11) is 1.35. The number of nitrogens with zero attached hydrogens (tertiary/aromatic N) is 2. The molecule has 15 heavy (non-hydrogen) atoms. The summed E-state index contributed by atoms with van der Waals surface area (Å²) in [5.41, 5.74) is 0.508. The zero-order chi connectivity index (χ0) is 11.1. The molecule has 1 heterocycles. The van der Waals surface area contributed by atoms with Crippen LogP contribution in [-0.4, -0.2) is 24.6 Å². The van der Waals surface area contributed by atoms with E-state index in [1.165, 1.54) is 13.3 Å². The minimum atomic E-state index is -0.267. The van der Waals surface area contributed by atoms with Crippen LogP contribution in [0.1, 0.15) is 12.0 Å². The lowest BCUT2D eigenvalue weighted by molar-refractivity contribution is -0.140. The molecule has 1 aromatic heterocycles. The smallest absolute Gasteiger partial charge is 0.307 e. The quantitative estimate of drug-likeness (QED) is 0.740. The van der Waals surface area contributed by atoms with Gasteiger partial charge in [-0.05, 0) is 12.1 Å². The fourth-order valence-electron chi connectivity index (χ4n) is 0.959. The predicted octanol–water partition coefficient (Wildman–Crippen LogP) is 0.928. The van der Waals surface area contributed by atoms with Gasteiger partial charge >= 0.3 is 5.97 Å². The maximum absolute atomic E-state index is 10.8. The van der Waals surface area contributed by atoms with Crippen LogP contribution in [-0.2, 0) is 9.53 Å². The highest BCUT2D eigenvalue weighted by molar-refractivity contribution is 5.69. The van der Waals surface area contributed by atoms with Gasteiger partial charge in [0, 0.05) is 12.7 Å². The summed E-state index contributed by atoms with van der Waals surface area (Å²) in [6.07, 6.45) is 1.76. The number of methoxy groups -OCH3 is 1. The third kappa shape index (κ3) is 3.65. The number of ether oxygens (including phenoxy) is 1. The Labute approximate surface area is 87.7 Å². The number of carbonyl (C=O) groups excluding carboxylic acids is 1. The van der Waals surface area contributed by atoms with Crippen molar-refractivity contribution in [3.05, 3.63) is 23.9 Å². The summed E-state index contributed by atoms with van der Waals surface area (Å²) in [4.78, 5) is 14.8. The molecule has 0 unspecified atom stereocenters. The second-order valence-corrected chi connectivity index (χ2v) is 2.80. The van der Waals surface area contributed by atoms with Crippen molar-refractivity contribution >= 4 is 11.8 Å². The Bertz CT molecular complexity index is 367. The largest absolute Gasteiger partial charge is 0.469 e. The molecular weight excluding hydrogens is 194 g/mol. The van der Waals surface area contributed by atoms with Gasteiger partial charge in [0.1, 0.15) is 11.9 Å². The molecule has 0 saturated carbocycles. The van der Waals surface area contributed by atoms with E-state index in [1.54, 1.807) is 12.1 Å². The number of esters is 1. The SMILES string of the molecule is COC(=O)CCNc1ccc(C#N)cn1. The molecule has 0 amide bonds. The molecule has 1 rings (SSSR count). The first-order chi connectivity index (χ1) is 7.26. The van der Waals surface area contributed by atoms with E-state index in [-0.39, 0.29) is 12.4 Å². The molecule has 0 saturated heterocycles. The van der Waals surface area contributed by atoms with Crippen LogP contribution in [0.2, 0.25) is 0 Å². The van der Waals surface area contributed by atoms with Crippen molar-refractivity contribution in [3.63, 3.8) is 0 Å². The molecule has 0 atom stereocenters. The number of nitriles is 1. The second kappa shape index (κ2) is 5.60. The Morgan fingerprint density at radius 3 is 3.00 bits per heavy atom. The van der Waals surface area contributed by atoms with E-state index in [1.807, 2.05) is 6.07 Å². The zero-order valence-corrected chi connectivity index (χ0v) is 8.36. The van der Waals surface area contributed by atoms with Crippen LogP contribution in [0.15, 0.2) is 18.3 Å². The molecule has 0 aliphatic carbocycles. The number of pyridine rings is 1. The average molecular weight is 205 g/mol. The predicted molar refractivity (Wildman–Crippen MR) is 54.1 cm³/mol. The van der Waals surface area contributed by atoms with Crippen LogP contribution >= 0.6 is 0 Å². The van der Waals surface area contributed by atoms with Crippen molar-refractivity contribution in [2.24, 2.45) is 0 Å². The number of carbonyl (C=O) groups is 1. The van der Waals surface area contributed by atoms with E-state index in [0.29, 0.717) is 17.9 Å². The van der Waals surface area contributed by atoms with E-state index in [0.717, 1.165) is 0 Å². The third-order valence-corrected chi connectivity index (χ3v) is 1.76. The van der Waals surface area contributed by atoms with E-state index in [9.17, 15) is 4.79 Å². The minimum absolute atomic E-state index is 0.267. The van der Waals surface area contributed by atoms with Crippen LogP contribution in [0.4, 0.5) is 5.82 Å². The summed E-state index contributed by atoms with van der Waals surface area (Å²) in [5.74, 6) is 0.369. The standard InChI is InChI=1S/C10H11N3O2/c1-15-10(14)4-5-12-9-3-2-8(6-11)7-13-9/h2-3,7H,4-5H2,1H3,(H,12,13).